The summed E-state index contributed by atoms with van der Waals surface area (Å²) in [6.07, 6.45) is 7.14. The summed E-state index contributed by atoms with van der Waals surface area (Å²) in [7, 11) is 0. The second-order valence-corrected chi connectivity index (χ2v) is 6.43. The van der Waals surface area contributed by atoms with Gasteiger partial charge in [-0.3, -0.25) is 0 Å². The first kappa shape index (κ1) is 16.2. The summed E-state index contributed by atoms with van der Waals surface area (Å²) in [5.74, 6) is 0.276. The van der Waals surface area contributed by atoms with E-state index in [1.54, 1.807) is 0 Å². The van der Waals surface area contributed by atoms with Gasteiger partial charge in [0.2, 0.25) is 0 Å². The molecule has 1 fully saturated rings. The zero-order chi connectivity index (χ0) is 14.4. The molecule has 0 aromatic carbocycles. The van der Waals surface area contributed by atoms with Gasteiger partial charge in [-0.1, -0.05) is 38.3 Å². The number of hydrogen-bond donors (Lipinski definition) is 4. The molecule has 1 aliphatic rings. The van der Waals surface area contributed by atoms with Crippen LogP contribution in [0.15, 0.2) is 5.16 Å². The molecule has 0 aromatic rings. The molecule has 1 aliphatic carbocycles. The van der Waals surface area contributed by atoms with E-state index >= 15 is 0 Å². The minimum Gasteiger partial charge on any atom is -0.409 e. The maximum atomic E-state index is 10.3. The maximum absolute atomic E-state index is 10.3. The number of aliphatic hydroxyl groups is 1. The van der Waals surface area contributed by atoms with E-state index in [4.69, 9.17) is 10.9 Å². The standard InChI is InChI=1S/C14H29N3O2/c1-13(2,12(15)17-19)7-6-10-16-11-14(18)8-4-3-5-9-14/h16,18-19H,3-11H2,1-2H3,(H2,15,17). The molecule has 0 bridgehead atoms. The van der Waals surface area contributed by atoms with Crippen molar-refractivity contribution < 1.29 is 10.3 Å². The highest BCUT2D eigenvalue weighted by Crippen LogP contribution is 2.27. The van der Waals surface area contributed by atoms with E-state index in [0.717, 1.165) is 45.1 Å². The molecule has 0 heterocycles. The summed E-state index contributed by atoms with van der Waals surface area (Å²) in [4.78, 5) is 0. The average Bonchev–Trinajstić information content (AvgIpc) is 2.38. The van der Waals surface area contributed by atoms with E-state index in [1.807, 2.05) is 13.8 Å². The Labute approximate surface area is 116 Å². The minimum atomic E-state index is -0.501. The molecule has 1 rings (SSSR count). The Bertz CT molecular complexity index is 297. The van der Waals surface area contributed by atoms with Crippen molar-refractivity contribution in [3.63, 3.8) is 0 Å². The van der Waals surface area contributed by atoms with Crippen molar-refractivity contribution in [1.29, 1.82) is 0 Å². The summed E-state index contributed by atoms with van der Waals surface area (Å²) < 4.78 is 0. The predicted molar refractivity (Wildman–Crippen MR) is 77.3 cm³/mol. The zero-order valence-electron chi connectivity index (χ0n) is 12.3. The van der Waals surface area contributed by atoms with Crippen LogP contribution < -0.4 is 11.1 Å². The Morgan fingerprint density at radius 2 is 1.95 bits per heavy atom. The molecule has 19 heavy (non-hydrogen) atoms. The fraction of sp³-hybridized carbons (Fsp3) is 0.929. The van der Waals surface area contributed by atoms with Crippen LogP contribution in [0.2, 0.25) is 0 Å². The second-order valence-electron chi connectivity index (χ2n) is 6.43. The van der Waals surface area contributed by atoms with Crippen LogP contribution in [-0.2, 0) is 0 Å². The van der Waals surface area contributed by atoms with E-state index in [0.29, 0.717) is 6.54 Å². The highest BCUT2D eigenvalue weighted by atomic mass is 16.4. The molecule has 0 aliphatic heterocycles. The van der Waals surface area contributed by atoms with Crippen LogP contribution >= 0.6 is 0 Å². The van der Waals surface area contributed by atoms with E-state index in [9.17, 15) is 5.11 Å². The third kappa shape index (κ3) is 5.37. The highest BCUT2D eigenvalue weighted by Gasteiger charge is 2.28. The van der Waals surface area contributed by atoms with Crippen molar-refractivity contribution in [2.24, 2.45) is 16.3 Å². The molecular weight excluding hydrogens is 242 g/mol. The quantitative estimate of drug-likeness (QED) is 0.187. The molecule has 0 saturated heterocycles. The van der Waals surface area contributed by atoms with Gasteiger partial charge < -0.3 is 21.4 Å². The van der Waals surface area contributed by atoms with Gasteiger partial charge in [0.25, 0.3) is 0 Å². The molecule has 1 saturated carbocycles. The normalized spacial score (nSPS) is 20.5. The molecule has 0 aromatic heterocycles. The van der Waals surface area contributed by atoms with Crippen molar-refractivity contribution >= 4 is 5.84 Å². The number of rotatable bonds is 7. The minimum absolute atomic E-state index is 0.276. The van der Waals surface area contributed by atoms with Crippen LogP contribution in [0.3, 0.4) is 0 Å². The van der Waals surface area contributed by atoms with Crippen LogP contribution in [0.5, 0.6) is 0 Å². The van der Waals surface area contributed by atoms with Crippen LogP contribution in [-0.4, -0.2) is 34.8 Å². The van der Waals surface area contributed by atoms with Gasteiger partial charge in [0.05, 0.1) is 5.60 Å². The Kier molecular flexibility index (Phi) is 6.07. The van der Waals surface area contributed by atoms with E-state index in [2.05, 4.69) is 10.5 Å². The van der Waals surface area contributed by atoms with Crippen LogP contribution in [0, 0.1) is 5.41 Å². The lowest BCUT2D eigenvalue weighted by Crippen LogP contribution is -2.42. The Balaban J connectivity index is 2.17. The summed E-state index contributed by atoms with van der Waals surface area (Å²) in [6.45, 7) is 5.47. The number of nitrogens with zero attached hydrogens (tertiary/aromatic N) is 1. The number of hydrogen-bond acceptors (Lipinski definition) is 4. The molecule has 0 radical (unpaired) electrons. The highest BCUT2D eigenvalue weighted by molar-refractivity contribution is 5.85. The fourth-order valence-electron chi connectivity index (χ4n) is 2.63. The number of oxime groups is 1. The van der Waals surface area contributed by atoms with Gasteiger partial charge in [0, 0.05) is 12.0 Å². The van der Waals surface area contributed by atoms with Gasteiger partial charge in [0.1, 0.15) is 5.84 Å². The SMILES string of the molecule is CC(C)(CCCNCC1(O)CCCCC1)C(N)=NO. The topological polar surface area (TPSA) is 90.9 Å². The summed E-state index contributed by atoms with van der Waals surface area (Å²) >= 11 is 0. The molecule has 0 atom stereocenters. The van der Waals surface area contributed by atoms with Gasteiger partial charge in [-0.2, -0.15) is 0 Å². The third-order valence-corrected chi connectivity index (χ3v) is 4.19. The first-order chi connectivity index (χ1) is 8.90. The van der Waals surface area contributed by atoms with Gasteiger partial charge >= 0.3 is 0 Å². The van der Waals surface area contributed by atoms with Gasteiger partial charge in [-0.15, -0.1) is 0 Å². The summed E-state index contributed by atoms with van der Waals surface area (Å²) in [5.41, 5.74) is 4.86. The first-order valence-electron chi connectivity index (χ1n) is 7.31. The smallest absolute Gasteiger partial charge is 0.144 e. The molecule has 5 heteroatoms. The Morgan fingerprint density at radius 3 is 2.53 bits per heavy atom. The third-order valence-electron chi connectivity index (χ3n) is 4.19. The second kappa shape index (κ2) is 7.10. The van der Waals surface area contributed by atoms with E-state index < -0.39 is 5.60 Å². The maximum Gasteiger partial charge on any atom is 0.144 e. The summed E-state index contributed by atoms with van der Waals surface area (Å²) in [5, 5.41) is 25.4. The largest absolute Gasteiger partial charge is 0.409 e. The predicted octanol–water partition coefficient (Wildman–Crippen LogP) is 1.82. The first-order valence-corrected chi connectivity index (χ1v) is 7.31. The lowest BCUT2D eigenvalue weighted by Gasteiger charge is -2.32. The van der Waals surface area contributed by atoms with E-state index in [1.165, 1.54) is 6.42 Å². The van der Waals surface area contributed by atoms with Gasteiger partial charge in [-0.05, 0) is 32.2 Å². The van der Waals surface area contributed by atoms with Gasteiger partial charge in [0.15, 0.2) is 0 Å². The van der Waals surface area contributed by atoms with E-state index in [-0.39, 0.29) is 11.3 Å². The molecule has 5 nitrogen and oxygen atoms in total. The van der Waals surface area contributed by atoms with Crippen molar-refractivity contribution in [3.8, 4) is 0 Å². The molecular formula is C14H29N3O2. The number of nitrogens with one attached hydrogen (secondary N) is 1. The van der Waals surface area contributed by atoms with Crippen molar-refractivity contribution in [2.75, 3.05) is 13.1 Å². The van der Waals surface area contributed by atoms with Crippen molar-refractivity contribution in [1.82, 2.24) is 5.32 Å². The lowest BCUT2D eigenvalue weighted by molar-refractivity contribution is 0.00498. The molecule has 0 unspecified atom stereocenters. The van der Waals surface area contributed by atoms with Gasteiger partial charge in [-0.25, -0.2) is 0 Å². The van der Waals surface area contributed by atoms with Crippen molar-refractivity contribution in [2.45, 2.75) is 64.4 Å². The summed E-state index contributed by atoms with van der Waals surface area (Å²) in [6, 6.07) is 0. The molecule has 0 spiro atoms. The number of amidine groups is 1. The number of nitrogens with two attached hydrogens (primary N) is 1. The average molecular weight is 271 g/mol. The Morgan fingerprint density at radius 1 is 1.32 bits per heavy atom. The molecule has 112 valence electrons. The molecule has 5 N–H and O–H groups in total. The van der Waals surface area contributed by atoms with Crippen molar-refractivity contribution in [3.05, 3.63) is 0 Å². The zero-order valence-corrected chi connectivity index (χ0v) is 12.3. The van der Waals surface area contributed by atoms with Crippen LogP contribution in [0.25, 0.3) is 0 Å². The Hall–Kier alpha value is -0.810. The lowest BCUT2D eigenvalue weighted by atomic mass is 9.84. The van der Waals surface area contributed by atoms with Crippen LogP contribution in [0.4, 0.5) is 0 Å². The molecule has 0 amide bonds. The monoisotopic (exact) mass is 271 g/mol. The fourth-order valence-corrected chi connectivity index (χ4v) is 2.63. The van der Waals surface area contributed by atoms with Crippen LogP contribution in [0.1, 0.15) is 58.8 Å².